The van der Waals surface area contributed by atoms with E-state index in [1.165, 1.54) is 4.88 Å². The molecule has 0 atom stereocenters. The second kappa shape index (κ2) is 11.2. The number of hydrogen-bond donors (Lipinski definition) is 2. The molecule has 2 aromatic heterocycles. The smallest absolute Gasteiger partial charge is 0.248 e. The molecule has 0 fully saturated rings. The number of rotatable bonds is 6. The van der Waals surface area contributed by atoms with Crippen LogP contribution in [0.4, 0.5) is 5.69 Å². The lowest BCUT2D eigenvalue weighted by atomic mass is 10.2. The maximum Gasteiger partial charge on any atom is 0.248 e. The normalized spacial score (nSPS) is 13.3. The summed E-state index contributed by atoms with van der Waals surface area (Å²) in [5.41, 5.74) is 0.860. The first-order valence-corrected chi connectivity index (χ1v) is 10.4. The molecule has 0 spiro atoms. The Morgan fingerprint density at radius 3 is 2.83 bits per heavy atom. The number of fused-ring (bicyclic) bond motifs is 1. The lowest BCUT2D eigenvalue weighted by molar-refractivity contribution is 0.297. The molecule has 3 aromatic rings. The van der Waals surface area contributed by atoms with Crippen LogP contribution in [-0.2, 0) is 13.0 Å². The van der Waals surface area contributed by atoms with E-state index >= 15 is 0 Å². The highest BCUT2D eigenvalue weighted by Gasteiger charge is 2.12. The van der Waals surface area contributed by atoms with Crippen LogP contribution >= 0.6 is 35.3 Å². The Morgan fingerprint density at radius 2 is 2.07 bits per heavy atom. The SMILES string of the molecule is Cc1noc(CN=C(NCCc2cccs2)Nc2ccc3c(c2)OCCCO3)n1.I. The van der Waals surface area contributed by atoms with Crippen molar-refractivity contribution in [3.63, 3.8) is 0 Å². The Kier molecular flexibility index (Phi) is 8.31. The van der Waals surface area contributed by atoms with E-state index in [-0.39, 0.29) is 24.0 Å². The van der Waals surface area contributed by atoms with Gasteiger partial charge in [0.1, 0.15) is 6.54 Å². The van der Waals surface area contributed by atoms with Gasteiger partial charge in [0, 0.05) is 29.6 Å². The first kappa shape index (κ1) is 22.3. The van der Waals surface area contributed by atoms with Gasteiger partial charge in [0.15, 0.2) is 23.3 Å². The molecule has 1 aliphatic heterocycles. The van der Waals surface area contributed by atoms with Crippen LogP contribution in [0.1, 0.15) is 23.0 Å². The van der Waals surface area contributed by atoms with E-state index in [4.69, 9.17) is 14.0 Å². The highest BCUT2D eigenvalue weighted by molar-refractivity contribution is 14.0. The molecule has 0 radical (unpaired) electrons. The fourth-order valence-electron chi connectivity index (χ4n) is 2.83. The van der Waals surface area contributed by atoms with Crippen molar-refractivity contribution in [3.05, 3.63) is 52.3 Å². The van der Waals surface area contributed by atoms with E-state index in [1.807, 2.05) is 18.2 Å². The molecule has 0 unspecified atom stereocenters. The Hall–Kier alpha value is -2.34. The minimum atomic E-state index is 0. The summed E-state index contributed by atoms with van der Waals surface area (Å²) in [4.78, 5) is 10.1. The third kappa shape index (κ3) is 6.33. The molecule has 160 valence electrons. The molecule has 1 aromatic carbocycles. The number of anilines is 1. The third-order valence-electron chi connectivity index (χ3n) is 4.20. The summed E-state index contributed by atoms with van der Waals surface area (Å²) in [6, 6.07) is 9.97. The summed E-state index contributed by atoms with van der Waals surface area (Å²) >= 11 is 1.75. The first-order chi connectivity index (χ1) is 14.3. The molecule has 30 heavy (non-hydrogen) atoms. The molecular weight excluding hydrogens is 517 g/mol. The van der Waals surface area contributed by atoms with Crippen molar-refractivity contribution in [1.29, 1.82) is 0 Å². The van der Waals surface area contributed by atoms with Crippen molar-refractivity contribution in [2.75, 3.05) is 25.1 Å². The zero-order chi connectivity index (χ0) is 19.9. The van der Waals surface area contributed by atoms with E-state index in [0.29, 0.717) is 37.4 Å². The molecule has 0 saturated carbocycles. The van der Waals surface area contributed by atoms with Crippen LogP contribution in [0.5, 0.6) is 11.5 Å². The summed E-state index contributed by atoms with van der Waals surface area (Å²) in [6.45, 7) is 4.14. The van der Waals surface area contributed by atoms with E-state index in [9.17, 15) is 0 Å². The quantitative estimate of drug-likeness (QED) is 0.277. The van der Waals surface area contributed by atoms with Crippen molar-refractivity contribution in [2.24, 2.45) is 4.99 Å². The zero-order valence-corrected chi connectivity index (χ0v) is 19.7. The van der Waals surface area contributed by atoms with Crippen molar-refractivity contribution in [2.45, 2.75) is 26.3 Å². The topological polar surface area (TPSA) is 93.8 Å². The summed E-state index contributed by atoms with van der Waals surface area (Å²) < 4.78 is 16.6. The highest BCUT2D eigenvalue weighted by atomic mass is 127. The lowest BCUT2D eigenvalue weighted by Crippen LogP contribution is -2.32. The fraction of sp³-hybridized carbons (Fsp3) is 0.350. The van der Waals surface area contributed by atoms with Gasteiger partial charge in [-0.25, -0.2) is 4.99 Å². The Morgan fingerprint density at radius 1 is 1.20 bits per heavy atom. The number of nitrogens with zero attached hydrogens (tertiary/aromatic N) is 3. The van der Waals surface area contributed by atoms with Gasteiger partial charge in [0.2, 0.25) is 5.89 Å². The Bertz CT molecular complexity index is 961. The number of nitrogens with one attached hydrogen (secondary N) is 2. The van der Waals surface area contributed by atoms with E-state index in [2.05, 4.69) is 43.3 Å². The van der Waals surface area contributed by atoms with Gasteiger partial charge in [0.05, 0.1) is 13.2 Å². The average Bonchev–Trinajstić information content (AvgIpc) is 3.32. The van der Waals surface area contributed by atoms with Gasteiger partial charge >= 0.3 is 0 Å². The van der Waals surface area contributed by atoms with Crippen LogP contribution in [0.2, 0.25) is 0 Å². The van der Waals surface area contributed by atoms with Crippen LogP contribution in [0.25, 0.3) is 0 Å². The molecule has 4 rings (SSSR count). The molecule has 2 N–H and O–H groups in total. The molecule has 10 heteroatoms. The molecular formula is C20H24IN5O3S. The van der Waals surface area contributed by atoms with E-state index in [0.717, 1.165) is 36.6 Å². The molecule has 1 aliphatic rings. The van der Waals surface area contributed by atoms with Gasteiger partial charge in [-0.15, -0.1) is 35.3 Å². The van der Waals surface area contributed by atoms with Crippen LogP contribution in [0.15, 0.2) is 45.2 Å². The number of aliphatic imine (C=N–C) groups is 1. The maximum absolute atomic E-state index is 5.78. The first-order valence-electron chi connectivity index (χ1n) is 9.53. The summed E-state index contributed by atoms with van der Waals surface area (Å²) in [5.74, 6) is 3.20. The molecule has 3 heterocycles. The second-order valence-corrected chi connectivity index (χ2v) is 7.53. The lowest BCUT2D eigenvalue weighted by Gasteiger charge is -2.14. The Balaban J connectivity index is 0.00000256. The van der Waals surface area contributed by atoms with Crippen molar-refractivity contribution in [1.82, 2.24) is 15.5 Å². The largest absolute Gasteiger partial charge is 0.490 e. The number of hydrogen-bond acceptors (Lipinski definition) is 7. The van der Waals surface area contributed by atoms with Gasteiger partial charge in [-0.1, -0.05) is 11.2 Å². The molecule has 0 amide bonds. The van der Waals surface area contributed by atoms with Gasteiger partial charge < -0.3 is 24.6 Å². The van der Waals surface area contributed by atoms with Crippen LogP contribution in [0.3, 0.4) is 0 Å². The van der Waals surface area contributed by atoms with Crippen LogP contribution < -0.4 is 20.1 Å². The molecule has 0 saturated heterocycles. The van der Waals surface area contributed by atoms with Gasteiger partial charge in [-0.3, -0.25) is 0 Å². The van der Waals surface area contributed by atoms with Crippen molar-refractivity contribution < 1.29 is 14.0 Å². The number of guanidine groups is 1. The van der Waals surface area contributed by atoms with Gasteiger partial charge in [-0.2, -0.15) is 4.98 Å². The summed E-state index contributed by atoms with van der Waals surface area (Å²) in [6.07, 6.45) is 1.79. The predicted octanol–water partition coefficient (Wildman–Crippen LogP) is 4.02. The maximum atomic E-state index is 5.78. The standard InChI is InChI=1S/C20H23N5O3S.HI/c1-14-23-19(28-25-14)13-22-20(21-8-7-16-4-2-11-29-16)24-15-5-6-17-18(12-15)27-10-3-9-26-17;/h2,4-6,11-12H,3,7-10,13H2,1H3,(H2,21,22,24);1H. The number of halogens is 1. The number of aryl methyl sites for hydroxylation is 1. The summed E-state index contributed by atoms with van der Waals surface area (Å²) in [7, 11) is 0. The fourth-order valence-corrected chi connectivity index (χ4v) is 3.54. The van der Waals surface area contributed by atoms with Gasteiger partial charge in [-0.05, 0) is 36.9 Å². The highest BCUT2D eigenvalue weighted by Crippen LogP contribution is 2.32. The molecule has 0 aliphatic carbocycles. The monoisotopic (exact) mass is 541 g/mol. The number of ether oxygens (including phenoxy) is 2. The minimum absolute atomic E-state index is 0. The van der Waals surface area contributed by atoms with Crippen LogP contribution in [-0.4, -0.2) is 35.9 Å². The average molecular weight is 541 g/mol. The number of thiophene rings is 1. The Labute approximate surface area is 196 Å². The van der Waals surface area contributed by atoms with E-state index < -0.39 is 0 Å². The van der Waals surface area contributed by atoms with Crippen molar-refractivity contribution >= 4 is 47.0 Å². The van der Waals surface area contributed by atoms with Crippen LogP contribution in [0, 0.1) is 6.92 Å². The van der Waals surface area contributed by atoms with Crippen molar-refractivity contribution in [3.8, 4) is 11.5 Å². The molecule has 0 bridgehead atoms. The second-order valence-electron chi connectivity index (χ2n) is 6.49. The minimum Gasteiger partial charge on any atom is -0.490 e. The number of aromatic nitrogens is 2. The zero-order valence-electron chi connectivity index (χ0n) is 16.6. The predicted molar refractivity (Wildman–Crippen MR) is 127 cm³/mol. The number of benzene rings is 1. The van der Waals surface area contributed by atoms with Gasteiger partial charge in [0.25, 0.3) is 0 Å². The third-order valence-corrected chi connectivity index (χ3v) is 5.13. The summed E-state index contributed by atoms with van der Waals surface area (Å²) in [5, 5.41) is 12.6. The molecule has 8 nitrogen and oxygen atoms in total. The van der Waals surface area contributed by atoms with E-state index in [1.54, 1.807) is 18.3 Å².